The summed E-state index contributed by atoms with van der Waals surface area (Å²) in [5.74, 6) is 0.00759. The number of benzene rings is 1. The molecule has 0 saturated heterocycles. The molecule has 0 spiro atoms. The number of rotatable bonds is 4. The first-order valence-electron chi connectivity index (χ1n) is 8.06. The summed E-state index contributed by atoms with van der Waals surface area (Å²) >= 11 is 7.32. The normalized spacial score (nSPS) is 17.9. The lowest BCUT2D eigenvalue weighted by Crippen LogP contribution is -2.24. The first kappa shape index (κ1) is 17.2. The number of ketones is 1. The maximum Gasteiger partial charge on any atom is 0.349 e. The molecule has 1 heterocycles. The van der Waals surface area contributed by atoms with Crippen LogP contribution in [0.3, 0.4) is 0 Å². The molecule has 0 unspecified atom stereocenters. The number of halogens is 1. The van der Waals surface area contributed by atoms with E-state index >= 15 is 0 Å². The zero-order chi connectivity index (χ0) is 17.3. The van der Waals surface area contributed by atoms with Crippen molar-refractivity contribution in [2.75, 3.05) is 0 Å². The molecule has 1 aliphatic carbocycles. The van der Waals surface area contributed by atoms with Gasteiger partial charge in [0.1, 0.15) is 4.88 Å². The Morgan fingerprint density at radius 1 is 1.29 bits per heavy atom. The molecule has 0 saturated carbocycles. The smallest absolute Gasteiger partial charge is 0.349 e. The third-order valence-corrected chi connectivity index (χ3v) is 5.78. The van der Waals surface area contributed by atoms with Crippen molar-refractivity contribution in [2.24, 2.45) is 5.92 Å². The van der Waals surface area contributed by atoms with Gasteiger partial charge in [-0.25, -0.2) is 4.79 Å². The molecule has 0 fully saturated rings. The first-order chi connectivity index (χ1) is 11.4. The Bertz CT molecular complexity index is 763. The van der Waals surface area contributed by atoms with Gasteiger partial charge in [-0.1, -0.05) is 18.5 Å². The lowest BCUT2D eigenvalue weighted by atomic mass is 9.90. The number of thiophene rings is 1. The topological polar surface area (TPSA) is 43.4 Å². The van der Waals surface area contributed by atoms with Crippen LogP contribution in [0, 0.1) is 5.92 Å². The predicted molar refractivity (Wildman–Crippen MR) is 96.2 cm³/mol. The van der Waals surface area contributed by atoms with Gasteiger partial charge in [-0.15, -0.1) is 11.3 Å². The van der Waals surface area contributed by atoms with Gasteiger partial charge >= 0.3 is 5.97 Å². The quantitative estimate of drug-likeness (QED) is 0.570. The van der Waals surface area contributed by atoms with Gasteiger partial charge in [0.05, 0.1) is 0 Å². The van der Waals surface area contributed by atoms with E-state index < -0.39 is 12.1 Å². The number of carbonyl (C=O) groups excluding carboxylic acids is 2. The lowest BCUT2D eigenvalue weighted by Gasteiger charge is -2.16. The van der Waals surface area contributed by atoms with E-state index in [1.165, 1.54) is 21.8 Å². The largest absolute Gasteiger partial charge is 0.450 e. The fourth-order valence-electron chi connectivity index (χ4n) is 2.93. The molecule has 3 nitrogen and oxygen atoms in total. The number of fused-ring (bicyclic) bond motifs is 1. The number of hydrogen-bond acceptors (Lipinski definition) is 4. The molecule has 0 aliphatic heterocycles. The molecule has 3 rings (SSSR count). The van der Waals surface area contributed by atoms with Crippen molar-refractivity contribution in [2.45, 2.75) is 39.2 Å². The molecule has 5 heteroatoms. The van der Waals surface area contributed by atoms with Crippen LogP contribution in [0.25, 0.3) is 0 Å². The number of hydrogen-bond donors (Lipinski definition) is 0. The molecule has 0 N–H and O–H groups in total. The Morgan fingerprint density at radius 3 is 2.71 bits per heavy atom. The summed E-state index contributed by atoms with van der Waals surface area (Å²) in [5.41, 5.74) is 1.74. The molecule has 126 valence electrons. The van der Waals surface area contributed by atoms with Crippen LogP contribution in [0.2, 0.25) is 5.02 Å². The van der Waals surface area contributed by atoms with Crippen molar-refractivity contribution in [3.8, 4) is 0 Å². The van der Waals surface area contributed by atoms with Crippen molar-refractivity contribution < 1.29 is 14.3 Å². The molecule has 2 atom stereocenters. The standard InChI is InChI=1S/C19H19ClO3S/c1-11-3-8-16-14(9-11)10-17(24-16)19(22)23-12(2)18(21)13-4-6-15(20)7-5-13/h4-7,10-12H,3,8-9H2,1-2H3/t11-,12+/m1/s1. The summed E-state index contributed by atoms with van der Waals surface area (Å²) in [6.45, 7) is 3.83. The second-order valence-corrected chi connectivity index (χ2v) is 7.90. The summed E-state index contributed by atoms with van der Waals surface area (Å²) in [6, 6.07) is 8.51. The predicted octanol–water partition coefficient (Wildman–Crippen LogP) is 4.95. The number of esters is 1. The Kier molecular flexibility index (Phi) is 5.07. The van der Waals surface area contributed by atoms with Gasteiger partial charge in [0.25, 0.3) is 0 Å². The average molecular weight is 363 g/mol. The minimum Gasteiger partial charge on any atom is -0.450 e. The second-order valence-electron chi connectivity index (χ2n) is 6.33. The number of Topliss-reactive ketones (excluding diaryl/α,β-unsaturated/α-hetero) is 1. The molecular weight excluding hydrogens is 344 g/mol. The van der Waals surface area contributed by atoms with E-state index in [-0.39, 0.29) is 5.78 Å². The minimum absolute atomic E-state index is 0.227. The first-order valence-corrected chi connectivity index (χ1v) is 9.26. The highest BCUT2D eigenvalue weighted by Gasteiger charge is 2.24. The van der Waals surface area contributed by atoms with Crippen LogP contribution in [-0.4, -0.2) is 17.9 Å². The Hall–Kier alpha value is -1.65. The van der Waals surface area contributed by atoms with Crippen LogP contribution in [0.5, 0.6) is 0 Å². The maximum absolute atomic E-state index is 12.4. The minimum atomic E-state index is -0.822. The Morgan fingerprint density at radius 2 is 2.00 bits per heavy atom. The number of aryl methyl sites for hydroxylation is 1. The highest BCUT2D eigenvalue weighted by molar-refractivity contribution is 7.14. The summed E-state index contributed by atoms with van der Waals surface area (Å²) in [4.78, 5) is 26.6. The molecule has 0 radical (unpaired) electrons. The molecule has 1 aliphatic rings. The molecule has 24 heavy (non-hydrogen) atoms. The molecule has 2 aromatic rings. The molecule has 0 bridgehead atoms. The molecule has 1 aromatic carbocycles. The second kappa shape index (κ2) is 7.08. The van der Waals surface area contributed by atoms with E-state index in [9.17, 15) is 9.59 Å². The Balaban J connectivity index is 1.68. The van der Waals surface area contributed by atoms with E-state index in [1.807, 2.05) is 6.07 Å². The third kappa shape index (κ3) is 3.70. The van der Waals surface area contributed by atoms with Gasteiger partial charge in [0.15, 0.2) is 6.10 Å². The van der Waals surface area contributed by atoms with Crippen LogP contribution in [-0.2, 0) is 17.6 Å². The van der Waals surface area contributed by atoms with Gasteiger partial charge in [-0.2, -0.15) is 0 Å². The van der Waals surface area contributed by atoms with Crippen molar-refractivity contribution >= 4 is 34.7 Å². The maximum atomic E-state index is 12.4. The Labute approximate surface area is 150 Å². The van der Waals surface area contributed by atoms with Gasteiger partial charge in [-0.3, -0.25) is 4.79 Å². The van der Waals surface area contributed by atoms with Crippen LogP contribution in [0.15, 0.2) is 30.3 Å². The zero-order valence-corrected chi connectivity index (χ0v) is 15.2. The SMILES string of the molecule is C[C@@H]1CCc2sc(C(=O)O[C@@H](C)C(=O)c3ccc(Cl)cc3)cc2C1. The fraction of sp³-hybridized carbons (Fsp3) is 0.368. The fourth-order valence-corrected chi connectivity index (χ4v) is 4.14. The van der Waals surface area contributed by atoms with Crippen LogP contribution in [0.1, 0.15) is 50.7 Å². The summed E-state index contributed by atoms with van der Waals surface area (Å²) < 4.78 is 5.38. The third-order valence-electron chi connectivity index (χ3n) is 4.31. The molecular formula is C19H19ClO3S. The van der Waals surface area contributed by atoms with E-state index in [4.69, 9.17) is 16.3 Å². The lowest BCUT2D eigenvalue weighted by molar-refractivity contribution is 0.0323. The monoisotopic (exact) mass is 362 g/mol. The highest BCUT2D eigenvalue weighted by Crippen LogP contribution is 2.32. The van der Waals surface area contributed by atoms with Crippen molar-refractivity contribution in [3.63, 3.8) is 0 Å². The van der Waals surface area contributed by atoms with Crippen LogP contribution < -0.4 is 0 Å². The molecule has 1 aromatic heterocycles. The van der Waals surface area contributed by atoms with Gasteiger partial charge < -0.3 is 4.74 Å². The molecule has 0 amide bonds. The van der Waals surface area contributed by atoms with E-state index in [0.717, 1.165) is 19.3 Å². The summed E-state index contributed by atoms with van der Waals surface area (Å²) in [6.07, 6.45) is 2.37. The summed E-state index contributed by atoms with van der Waals surface area (Å²) in [7, 11) is 0. The van der Waals surface area contributed by atoms with Crippen molar-refractivity contribution in [1.82, 2.24) is 0 Å². The van der Waals surface area contributed by atoms with Gasteiger partial charge in [-0.05, 0) is 68.0 Å². The van der Waals surface area contributed by atoms with E-state index in [0.29, 0.717) is 21.4 Å². The number of carbonyl (C=O) groups is 2. The van der Waals surface area contributed by atoms with E-state index in [1.54, 1.807) is 31.2 Å². The van der Waals surface area contributed by atoms with Gasteiger partial charge in [0.2, 0.25) is 5.78 Å². The van der Waals surface area contributed by atoms with Crippen molar-refractivity contribution in [3.05, 3.63) is 56.2 Å². The van der Waals surface area contributed by atoms with Crippen molar-refractivity contribution in [1.29, 1.82) is 0 Å². The van der Waals surface area contributed by atoms with Crippen LogP contribution >= 0.6 is 22.9 Å². The summed E-state index contributed by atoms with van der Waals surface area (Å²) in [5, 5.41) is 0.564. The zero-order valence-electron chi connectivity index (χ0n) is 13.7. The highest BCUT2D eigenvalue weighted by atomic mass is 35.5. The van der Waals surface area contributed by atoms with Gasteiger partial charge in [0, 0.05) is 15.5 Å². The average Bonchev–Trinajstić information content (AvgIpc) is 2.98. The number of ether oxygens (including phenoxy) is 1. The van der Waals surface area contributed by atoms with E-state index in [2.05, 4.69) is 6.92 Å². The van der Waals surface area contributed by atoms with Crippen LogP contribution in [0.4, 0.5) is 0 Å².